The van der Waals surface area contributed by atoms with Crippen molar-refractivity contribution in [2.45, 2.75) is 12.8 Å². The summed E-state index contributed by atoms with van der Waals surface area (Å²) < 4.78 is 0. The van der Waals surface area contributed by atoms with Gasteiger partial charge >= 0.3 is 0 Å². The maximum absolute atomic E-state index is 5.55. The van der Waals surface area contributed by atoms with Gasteiger partial charge in [0.25, 0.3) is 0 Å². The number of nitrogens with two attached hydrogens (primary N) is 1. The molecule has 2 aliphatic rings. The maximum atomic E-state index is 5.55. The summed E-state index contributed by atoms with van der Waals surface area (Å²) in [4.78, 5) is 2.49. The number of rotatable bonds is 1. The summed E-state index contributed by atoms with van der Waals surface area (Å²) in [6.07, 6.45) is 4.51. The summed E-state index contributed by atoms with van der Waals surface area (Å²) in [6, 6.07) is 0. The third kappa shape index (κ3) is 0.628. The predicted octanol–water partition coefficient (Wildman–Crippen LogP) is -1.09. The highest BCUT2D eigenvalue weighted by Crippen LogP contribution is 2.37. The summed E-state index contributed by atoms with van der Waals surface area (Å²) in [5.41, 5.74) is 0.431. The molecular weight excluding hydrogens is 112 g/mol. The van der Waals surface area contributed by atoms with Crippen LogP contribution in [-0.4, -0.2) is 30.7 Å². The molecule has 2 N–H and O–H groups in total. The van der Waals surface area contributed by atoms with Crippen LogP contribution < -0.4 is 5.41 Å². The van der Waals surface area contributed by atoms with Gasteiger partial charge < -0.3 is 4.90 Å². The highest BCUT2D eigenvalue weighted by molar-refractivity contribution is 5.61. The van der Waals surface area contributed by atoms with Gasteiger partial charge in [0, 0.05) is 6.54 Å². The summed E-state index contributed by atoms with van der Waals surface area (Å²) in [5, 5.41) is 5.55. The fourth-order valence-corrected chi connectivity index (χ4v) is 1.98. The Hall–Kier alpha value is -0.370. The van der Waals surface area contributed by atoms with Crippen molar-refractivity contribution >= 4 is 6.21 Å². The van der Waals surface area contributed by atoms with Crippen LogP contribution in [0.15, 0.2) is 0 Å². The largest absolute Gasteiger partial charge is 0.302 e. The van der Waals surface area contributed by atoms with Crippen molar-refractivity contribution in [3.05, 3.63) is 0 Å². The van der Waals surface area contributed by atoms with Crippen molar-refractivity contribution < 1.29 is 5.41 Å². The zero-order chi connectivity index (χ0) is 6.32. The number of piperidine rings is 1. The minimum atomic E-state index is 0.431. The minimum Gasteiger partial charge on any atom is -0.302 e. The van der Waals surface area contributed by atoms with E-state index in [-0.39, 0.29) is 0 Å². The van der Waals surface area contributed by atoms with Gasteiger partial charge in [-0.2, -0.15) is 0 Å². The molecule has 0 amide bonds. The summed E-state index contributed by atoms with van der Waals surface area (Å²) >= 11 is 0. The first-order valence-electron chi connectivity index (χ1n) is 3.63. The molecule has 2 bridgehead atoms. The second-order valence-corrected chi connectivity index (χ2v) is 3.31. The van der Waals surface area contributed by atoms with Gasteiger partial charge in [-0.1, -0.05) is 0 Å². The van der Waals surface area contributed by atoms with Crippen LogP contribution in [0.3, 0.4) is 0 Å². The topological polar surface area (TPSA) is 28.8 Å². The normalized spacial score (nSPS) is 47.8. The quantitative estimate of drug-likeness (QED) is 0.443. The van der Waals surface area contributed by atoms with Gasteiger partial charge in [-0.15, -0.1) is 0 Å². The van der Waals surface area contributed by atoms with Gasteiger partial charge in [0.1, 0.15) is 6.21 Å². The SMILES string of the molecule is [NH2+]=CC12CCN(CC1)C2. The van der Waals surface area contributed by atoms with Crippen molar-refractivity contribution in [1.82, 2.24) is 4.90 Å². The number of nitrogens with zero attached hydrogens (tertiary/aromatic N) is 1. The third-order valence-corrected chi connectivity index (χ3v) is 2.74. The first kappa shape index (κ1) is 5.42. The molecule has 0 aromatic rings. The zero-order valence-corrected chi connectivity index (χ0v) is 5.64. The lowest BCUT2D eigenvalue weighted by Crippen LogP contribution is -2.40. The molecular formula is C7H13N2+. The van der Waals surface area contributed by atoms with Crippen LogP contribution in [0.25, 0.3) is 0 Å². The number of hydrogen-bond acceptors (Lipinski definition) is 1. The fraction of sp³-hybridized carbons (Fsp3) is 0.857. The molecule has 0 aliphatic carbocycles. The summed E-state index contributed by atoms with van der Waals surface area (Å²) in [7, 11) is 0. The van der Waals surface area contributed by atoms with E-state index in [2.05, 4.69) is 4.90 Å². The minimum absolute atomic E-state index is 0.431. The van der Waals surface area contributed by atoms with Gasteiger partial charge in [-0.25, -0.2) is 0 Å². The Balaban J connectivity index is 2.21. The molecule has 0 unspecified atom stereocenters. The summed E-state index contributed by atoms with van der Waals surface area (Å²) in [6.45, 7) is 3.77. The Kier molecular flexibility index (Phi) is 0.943. The van der Waals surface area contributed by atoms with E-state index in [0.717, 1.165) is 0 Å². The molecule has 50 valence electrons. The standard InChI is InChI=1S/C7H12N2/c8-5-7-1-3-9(6-7)4-2-7/h5,8H,1-4,6H2/p+1. The molecule has 2 fully saturated rings. The monoisotopic (exact) mass is 125 g/mol. The van der Waals surface area contributed by atoms with Crippen LogP contribution in [0.2, 0.25) is 0 Å². The van der Waals surface area contributed by atoms with E-state index in [9.17, 15) is 0 Å². The molecule has 0 aromatic carbocycles. The van der Waals surface area contributed by atoms with E-state index in [1.807, 2.05) is 6.21 Å². The molecule has 2 heterocycles. The van der Waals surface area contributed by atoms with Gasteiger partial charge in [-0.05, 0) is 25.9 Å². The Morgan fingerprint density at radius 1 is 1.33 bits per heavy atom. The van der Waals surface area contributed by atoms with Crippen molar-refractivity contribution in [2.75, 3.05) is 19.6 Å². The lowest BCUT2D eigenvalue weighted by molar-refractivity contribution is -0.115. The Labute approximate surface area is 55.4 Å². The average Bonchev–Trinajstić information content (AvgIpc) is 2.46. The van der Waals surface area contributed by atoms with Crippen LogP contribution in [0.5, 0.6) is 0 Å². The molecule has 2 aliphatic heterocycles. The van der Waals surface area contributed by atoms with E-state index >= 15 is 0 Å². The molecule has 2 rings (SSSR count). The van der Waals surface area contributed by atoms with Gasteiger partial charge in [0.15, 0.2) is 0 Å². The molecule has 9 heavy (non-hydrogen) atoms. The maximum Gasteiger partial charge on any atom is 0.143 e. The van der Waals surface area contributed by atoms with Crippen LogP contribution in [0.4, 0.5) is 0 Å². The third-order valence-electron chi connectivity index (χ3n) is 2.74. The molecule has 0 radical (unpaired) electrons. The average molecular weight is 125 g/mol. The van der Waals surface area contributed by atoms with Crippen molar-refractivity contribution in [3.63, 3.8) is 0 Å². The van der Waals surface area contributed by atoms with Crippen LogP contribution in [-0.2, 0) is 0 Å². The Morgan fingerprint density at radius 3 is 2.22 bits per heavy atom. The number of hydrogen-bond donors (Lipinski definition) is 1. The van der Waals surface area contributed by atoms with Crippen molar-refractivity contribution in [2.24, 2.45) is 5.41 Å². The lowest BCUT2D eigenvalue weighted by atomic mass is 9.86. The van der Waals surface area contributed by atoms with Crippen LogP contribution in [0, 0.1) is 5.41 Å². The van der Waals surface area contributed by atoms with E-state index in [4.69, 9.17) is 5.41 Å². The van der Waals surface area contributed by atoms with Crippen LogP contribution >= 0.6 is 0 Å². The van der Waals surface area contributed by atoms with E-state index in [0.29, 0.717) is 5.41 Å². The van der Waals surface area contributed by atoms with E-state index in [1.165, 1.54) is 32.5 Å². The summed E-state index contributed by atoms with van der Waals surface area (Å²) in [5.74, 6) is 0. The highest BCUT2D eigenvalue weighted by atomic mass is 15.2. The van der Waals surface area contributed by atoms with Crippen molar-refractivity contribution in [1.29, 1.82) is 0 Å². The van der Waals surface area contributed by atoms with Gasteiger partial charge in [0.2, 0.25) is 0 Å². The second-order valence-electron chi connectivity index (χ2n) is 3.31. The second kappa shape index (κ2) is 1.57. The first-order chi connectivity index (χ1) is 4.35. The Bertz CT molecular complexity index is 134. The van der Waals surface area contributed by atoms with Crippen LogP contribution in [0.1, 0.15) is 12.8 Å². The smallest absolute Gasteiger partial charge is 0.143 e. The van der Waals surface area contributed by atoms with Gasteiger partial charge in [-0.3, -0.25) is 5.41 Å². The Morgan fingerprint density at radius 2 is 2.00 bits per heavy atom. The molecule has 0 spiro atoms. The highest BCUT2D eigenvalue weighted by Gasteiger charge is 2.44. The van der Waals surface area contributed by atoms with Gasteiger partial charge in [0.05, 0.1) is 5.41 Å². The van der Waals surface area contributed by atoms with Crippen molar-refractivity contribution in [3.8, 4) is 0 Å². The van der Waals surface area contributed by atoms with E-state index in [1.54, 1.807) is 0 Å². The molecule has 0 aromatic heterocycles. The van der Waals surface area contributed by atoms with E-state index < -0.39 is 0 Å². The molecule has 2 saturated heterocycles. The first-order valence-corrected chi connectivity index (χ1v) is 3.63. The fourth-order valence-electron chi connectivity index (χ4n) is 1.98. The zero-order valence-electron chi connectivity index (χ0n) is 5.64. The molecule has 0 saturated carbocycles. The molecule has 0 atom stereocenters. The predicted molar refractivity (Wildman–Crippen MR) is 36.1 cm³/mol. The number of fused-ring (bicyclic) bond motifs is 2. The molecule has 2 nitrogen and oxygen atoms in total. The lowest BCUT2D eigenvalue weighted by Gasteiger charge is -2.15. The molecule has 2 heteroatoms.